The van der Waals surface area contributed by atoms with Gasteiger partial charge in [-0.25, -0.2) is 4.98 Å². The number of aromatic nitrogens is 2. The third-order valence-corrected chi connectivity index (χ3v) is 4.14. The summed E-state index contributed by atoms with van der Waals surface area (Å²) in [7, 11) is 0. The van der Waals surface area contributed by atoms with E-state index in [9.17, 15) is 13.6 Å². The fourth-order valence-corrected chi connectivity index (χ4v) is 2.81. The van der Waals surface area contributed by atoms with Crippen LogP contribution in [0.4, 0.5) is 8.78 Å². The lowest BCUT2D eigenvalue weighted by Gasteiger charge is -2.07. The number of carbonyl (C=O) groups excluding carboxylic acids is 1. The van der Waals surface area contributed by atoms with Gasteiger partial charge in [-0.2, -0.15) is 8.78 Å². The number of hydrogen-bond donors (Lipinski definition) is 2. The maximum Gasteiger partial charge on any atom is 0.387 e. The van der Waals surface area contributed by atoms with Gasteiger partial charge in [0.2, 0.25) is 5.91 Å². The molecule has 0 unspecified atom stereocenters. The number of amides is 1. The molecule has 0 atom stereocenters. The molecule has 0 bridgehead atoms. The molecule has 1 heterocycles. The predicted octanol–water partition coefficient (Wildman–Crippen LogP) is 3.85. The maximum absolute atomic E-state index is 12.1. The molecule has 0 aliphatic carbocycles. The van der Waals surface area contributed by atoms with E-state index in [2.05, 4.69) is 20.0 Å². The van der Waals surface area contributed by atoms with Crippen LogP contribution in [-0.2, 0) is 17.6 Å². The minimum atomic E-state index is -2.82. The van der Waals surface area contributed by atoms with E-state index in [-0.39, 0.29) is 11.7 Å². The lowest BCUT2D eigenvalue weighted by Crippen LogP contribution is -2.25. The van der Waals surface area contributed by atoms with Crippen molar-refractivity contribution in [2.24, 2.45) is 0 Å². The summed E-state index contributed by atoms with van der Waals surface area (Å²) in [5.41, 5.74) is 2.88. The Balaban J connectivity index is 1.34. The largest absolute Gasteiger partial charge is 0.435 e. The normalized spacial score (nSPS) is 11.1. The average Bonchev–Trinajstić information content (AvgIpc) is 3.05. The van der Waals surface area contributed by atoms with Gasteiger partial charge in [-0.05, 0) is 42.7 Å². The fraction of sp³-hybridized carbons (Fsp3) is 0.300. The summed E-state index contributed by atoms with van der Waals surface area (Å²) < 4.78 is 28.5. The number of hydrogen-bond acceptors (Lipinski definition) is 3. The first-order valence-electron chi connectivity index (χ1n) is 8.84. The molecular formula is C20H21F2N3O2. The zero-order valence-corrected chi connectivity index (χ0v) is 14.8. The van der Waals surface area contributed by atoms with E-state index in [1.807, 2.05) is 24.3 Å². The van der Waals surface area contributed by atoms with Crippen LogP contribution in [-0.4, -0.2) is 29.0 Å². The highest BCUT2D eigenvalue weighted by molar-refractivity contribution is 5.76. The number of aryl methyl sites for hydroxylation is 1. The van der Waals surface area contributed by atoms with Crippen molar-refractivity contribution in [3.8, 4) is 5.75 Å². The van der Waals surface area contributed by atoms with Crippen LogP contribution in [0.3, 0.4) is 0 Å². The summed E-state index contributed by atoms with van der Waals surface area (Å²) in [6.45, 7) is -2.33. The van der Waals surface area contributed by atoms with E-state index in [1.165, 1.54) is 12.1 Å². The van der Waals surface area contributed by atoms with Crippen LogP contribution in [0, 0.1) is 0 Å². The van der Waals surface area contributed by atoms with Crippen molar-refractivity contribution < 1.29 is 18.3 Å². The van der Waals surface area contributed by atoms with Gasteiger partial charge in [0.05, 0.1) is 11.0 Å². The molecule has 27 heavy (non-hydrogen) atoms. The van der Waals surface area contributed by atoms with Gasteiger partial charge < -0.3 is 15.0 Å². The molecule has 0 radical (unpaired) electrons. The molecule has 5 nitrogen and oxygen atoms in total. The summed E-state index contributed by atoms with van der Waals surface area (Å²) in [5.74, 6) is 1.00. The van der Waals surface area contributed by atoms with Crippen molar-refractivity contribution in [2.75, 3.05) is 6.54 Å². The second-order valence-electron chi connectivity index (χ2n) is 6.18. The minimum absolute atomic E-state index is 0.0104. The van der Waals surface area contributed by atoms with Gasteiger partial charge in [-0.1, -0.05) is 24.3 Å². The SMILES string of the molecule is O=C(CCCc1nc2ccccc2[nH]1)NCCc1ccc(OC(F)F)cc1. The Hall–Kier alpha value is -2.96. The Morgan fingerprint density at radius 2 is 1.89 bits per heavy atom. The van der Waals surface area contributed by atoms with E-state index >= 15 is 0 Å². The van der Waals surface area contributed by atoms with E-state index in [0.29, 0.717) is 32.2 Å². The zero-order valence-electron chi connectivity index (χ0n) is 14.8. The van der Waals surface area contributed by atoms with E-state index in [1.54, 1.807) is 12.1 Å². The highest BCUT2D eigenvalue weighted by Crippen LogP contribution is 2.15. The second-order valence-corrected chi connectivity index (χ2v) is 6.18. The predicted molar refractivity (Wildman–Crippen MR) is 98.8 cm³/mol. The minimum Gasteiger partial charge on any atom is -0.435 e. The van der Waals surface area contributed by atoms with Gasteiger partial charge >= 0.3 is 6.61 Å². The number of imidazole rings is 1. The average molecular weight is 373 g/mol. The molecule has 1 aromatic heterocycles. The Kier molecular flexibility index (Phi) is 6.35. The first-order chi connectivity index (χ1) is 13.1. The lowest BCUT2D eigenvalue weighted by molar-refractivity contribution is -0.121. The van der Waals surface area contributed by atoms with Crippen LogP contribution in [0.15, 0.2) is 48.5 Å². The van der Waals surface area contributed by atoms with Crippen LogP contribution < -0.4 is 10.1 Å². The molecule has 0 aliphatic heterocycles. The van der Waals surface area contributed by atoms with Crippen molar-refractivity contribution in [3.63, 3.8) is 0 Å². The van der Waals surface area contributed by atoms with Crippen molar-refractivity contribution in [1.29, 1.82) is 0 Å². The first-order valence-corrected chi connectivity index (χ1v) is 8.84. The molecule has 3 aromatic rings. The van der Waals surface area contributed by atoms with Crippen molar-refractivity contribution >= 4 is 16.9 Å². The number of alkyl halides is 2. The number of nitrogens with zero attached hydrogens (tertiary/aromatic N) is 1. The number of carbonyl (C=O) groups is 1. The Bertz CT molecular complexity index is 845. The Morgan fingerprint density at radius 1 is 1.11 bits per heavy atom. The van der Waals surface area contributed by atoms with E-state index < -0.39 is 6.61 Å². The Labute approximate surface area is 155 Å². The number of rotatable bonds is 9. The molecule has 142 valence electrons. The summed E-state index contributed by atoms with van der Waals surface area (Å²) in [5, 5.41) is 2.87. The molecule has 2 N–H and O–H groups in total. The van der Waals surface area contributed by atoms with Crippen molar-refractivity contribution in [3.05, 3.63) is 59.9 Å². The van der Waals surface area contributed by atoms with Gasteiger partial charge in [0.15, 0.2) is 0 Å². The molecule has 2 aromatic carbocycles. The van der Waals surface area contributed by atoms with Gasteiger partial charge in [0, 0.05) is 19.4 Å². The van der Waals surface area contributed by atoms with Gasteiger partial charge in [0.25, 0.3) is 0 Å². The summed E-state index contributed by atoms with van der Waals surface area (Å²) in [4.78, 5) is 19.7. The summed E-state index contributed by atoms with van der Waals surface area (Å²) >= 11 is 0. The number of fused-ring (bicyclic) bond motifs is 1. The Morgan fingerprint density at radius 3 is 2.63 bits per heavy atom. The molecule has 3 rings (SSSR count). The second kappa shape index (κ2) is 9.12. The zero-order chi connectivity index (χ0) is 19.1. The number of nitrogens with one attached hydrogen (secondary N) is 2. The highest BCUT2D eigenvalue weighted by atomic mass is 19.3. The first kappa shape index (κ1) is 18.8. The summed E-state index contributed by atoms with van der Waals surface area (Å²) in [6.07, 6.45) is 2.49. The fourth-order valence-electron chi connectivity index (χ4n) is 2.81. The molecule has 0 aliphatic rings. The van der Waals surface area contributed by atoms with Gasteiger partial charge in [-0.15, -0.1) is 0 Å². The van der Waals surface area contributed by atoms with Crippen LogP contribution in [0.25, 0.3) is 11.0 Å². The number of para-hydroxylation sites is 2. The number of halogens is 2. The lowest BCUT2D eigenvalue weighted by atomic mass is 10.1. The van der Waals surface area contributed by atoms with E-state index in [4.69, 9.17) is 0 Å². The molecule has 0 saturated heterocycles. The number of ether oxygens (including phenoxy) is 1. The molecule has 7 heteroatoms. The van der Waals surface area contributed by atoms with Gasteiger partial charge in [0.1, 0.15) is 11.6 Å². The number of benzene rings is 2. The molecular weight excluding hydrogens is 352 g/mol. The highest BCUT2D eigenvalue weighted by Gasteiger charge is 2.06. The standard InChI is InChI=1S/C20H21F2N3O2/c21-20(22)27-15-10-8-14(9-11-15)12-13-23-19(26)7-3-6-18-24-16-4-1-2-5-17(16)25-18/h1-2,4-5,8-11,20H,3,6-7,12-13H2,(H,23,26)(H,24,25). The topological polar surface area (TPSA) is 67.0 Å². The van der Waals surface area contributed by atoms with Crippen molar-refractivity contribution in [2.45, 2.75) is 32.3 Å². The van der Waals surface area contributed by atoms with Crippen LogP contribution in [0.1, 0.15) is 24.2 Å². The van der Waals surface area contributed by atoms with Crippen LogP contribution in [0.2, 0.25) is 0 Å². The third-order valence-electron chi connectivity index (χ3n) is 4.14. The van der Waals surface area contributed by atoms with Gasteiger partial charge in [-0.3, -0.25) is 4.79 Å². The monoisotopic (exact) mass is 373 g/mol. The third kappa shape index (κ3) is 5.77. The number of aromatic amines is 1. The number of H-pyrrole nitrogens is 1. The molecule has 0 spiro atoms. The smallest absolute Gasteiger partial charge is 0.387 e. The quantitative estimate of drug-likeness (QED) is 0.599. The van der Waals surface area contributed by atoms with E-state index in [0.717, 1.165) is 22.4 Å². The van der Waals surface area contributed by atoms with Crippen LogP contribution >= 0.6 is 0 Å². The maximum atomic E-state index is 12.1. The molecule has 0 saturated carbocycles. The molecule has 0 fully saturated rings. The van der Waals surface area contributed by atoms with Crippen molar-refractivity contribution in [1.82, 2.24) is 15.3 Å². The summed E-state index contributed by atoms with van der Waals surface area (Å²) in [6, 6.07) is 14.2. The molecule has 1 amide bonds. The van der Waals surface area contributed by atoms with Crippen LogP contribution in [0.5, 0.6) is 5.75 Å².